The summed E-state index contributed by atoms with van der Waals surface area (Å²) in [6.07, 6.45) is 10.4. The van der Waals surface area contributed by atoms with Crippen LogP contribution in [0.25, 0.3) is 0 Å². The third-order valence-corrected chi connectivity index (χ3v) is 3.62. The van der Waals surface area contributed by atoms with Crippen molar-refractivity contribution in [3.05, 3.63) is 0 Å². The third-order valence-electron chi connectivity index (χ3n) is 3.62. The summed E-state index contributed by atoms with van der Waals surface area (Å²) >= 11 is 0. The van der Waals surface area contributed by atoms with Gasteiger partial charge in [-0.3, -0.25) is 4.79 Å². The molecule has 1 fully saturated rings. The van der Waals surface area contributed by atoms with Crippen LogP contribution in [0, 0.1) is 24.2 Å². The van der Waals surface area contributed by atoms with Crippen LogP contribution in [0.15, 0.2) is 0 Å². The lowest BCUT2D eigenvalue weighted by atomic mass is 9.81. The standard InChI is InChI=1S/C14H24N2O/c1-3-9-16(10-4-2)14(17)13-7-5-12(11-15)6-8-13/h1,12-13H,4-11,15H2,2H3. The molecule has 0 aromatic heterocycles. The van der Waals surface area contributed by atoms with Gasteiger partial charge in [0.1, 0.15) is 0 Å². The molecule has 17 heavy (non-hydrogen) atoms. The van der Waals surface area contributed by atoms with Crippen molar-refractivity contribution in [2.24, 2.45) is 17.6 Å². The van der Waals surface area contributed by atoms with Gasteiger partial charge in [-0.25, -0.2) is 0 Å². The molecule has 3 heteroatoms. The Kier molecular flexibility index (Phi) is 6.07. The lowest BCUT2D eigenvalue weighted by molar-refractivity contribution is -0.136. The number of hydrogen-bond acceptors (Lipinski definition) is 2. The highest BCUT2D eigenvalue weighted by molar-refractivity contribution is 5.79. The Morgan fingerprint density at radius 3 is 2.53 bits per heavy atom. The zero-order chi connectivity index (χ0) is 12.7. The van der Waals surface area contributed by atoms with E-state index in [-0.39, 0.29) is 11.8 Å². The van der Waals surface area contributed by atoms with E-state index in [1.807, 2.05) is 4.90 Å². The summed E-state index contributed by atoms with van der Waals surface area (Å²) in [5, 5.41) is 0. The first-order valence-corrected chi connectivity index (χ1v) is 6.65. The number of amides is 1. The smallest absolute Gasteiger partial charge is 0.226 e. The van der Waals surface area contributed by atoms with Crippen molar-refractivity contribution in [3.8, 4) is 12.3 Å². The summed E-state index contributed by atoms with van der Waals surface area (Å²) in [4.78, 5) is 14.1. The minimum Gasteiger partial charge on any atom is -0.331 e. The molecule has 0 radical (unpaired) electrons. The Balaban J connectivity index is 2.48. The number of hydrogen-bond donors (Lipinski definition) is 1. The van der Waals surface area contributed by atoms with Gasteiger partial charge < -0.3 is 10.6 Å². The second kappa shape index (κ2) is 7.34. The van der Waals surface area contributed by atoms with Gasteiger partial charge in [0.2, 0.25) is 5.91 Å². The van der Waals surface area contributed by atoms with Crippen molar-refractivity contribution in [1.82, 2.24) is 4.90 Å². The van der Waals surface area contributed by atoms with Gasteiger partial charge in [0.15, 0.2) is 0 Å². The maximum atomic E-state index is 12.3. The SMILES string of the molecule is C#CCN(CCC)C(=O)C1CCC(CN)CC1. The predicted molar refractivity (Wildman–Crippen MR) is 70.2 cm³/mol. The molecule has 0 unspecified atom stereocenters. The predicted octanol–water partition coefficient (Wildman–Crippen LogP) is 1.62. The first-order valence-electron chi connectivity index (χ1n) is 6.65. The van der Waals surface area contributed by atoms with Crippen molar-refractivity contribution >= 4 is 5.91 Å². The monoisotopic (exact) mass is 236 g/mol. The van der Waals surface area contributed by atoms with Gasteiger partial charge in [-0.1, -0.05) is 12.8 Å². The maximum Gasteiger partial charge on any atom is 0.226 e. The summed E-state index contributed by atoms with van der Waals surface area (Å²) in [6.45, 7) is 4.05. The highest BCUT2D eigenvalue weighted by Gasteiger charge is 2.28. The molecule has 0 aliphatic heterocycles. The third kappa shape index (κ3) is 4.05. The molecule has 0 bridgehead atoms. The number of nitrogens with two attached hydrogens (primary N) is 1. The molecule has 1 aliphatic rings. The number of terminal acetylenes is 1. The zero-order valence-corrected chi connectivity index (χ0v) is 10.8. The summed E-state index contributed by atoms with van der Waals surface area (Å²) in [6, 6.07) is 0. The highest BCUT2D eigenvalue weighted by Crippen LogP contribution is 2.29. The molecule has 96 valence electrons. The van der Waals surface area contributed by atoms with Crippen molar-refractivity contribution in [1.29, 1.82) is 0 Å². The molecule has 1 rings (SSSR count). The number of carbonyl (C=O) groups is 1. The molecular weight excluding hydrogens is 212 g/mol. The molecule has 1 saturated carbocycles. The Morgan fingerprint density at radius 1 is 1.41 bits per heavy atom. The van der Waals surface area contributed by atoms with Crippen molar-refractivity contribution < 1.29 is 4.79 Å². The van der Waals surface area contributed by atoms with Gasteiger partial charge >= 0.3 is 0 Å². The minimum atomic E-state index is 0.178. The molecule has 0 aromatic rings. The van der Waals surface area contributed by atoms with Crippen LogP contribution in [0.2, 0.25) is 0 Å². The molecule has 0 saturated heterocycles. The van der Waals surface area contributed by atoms with Crippen LogP contribution in [0.4, 0.5) is 0 Å². The van der Waals surface area contributed by atoms with Gasteiger partial charge in [0, 0.05) is 12.5 Å². The Bertz CT molecular complexity index is 274. The van der Waals surface area contributed by atoms with Gasteiger partial charge in [0.25, 0.3) is 0 Å². The minimum absolute atomic E-state index is 0.178. The summed E-state index contributed by atoms with van der Waals surface area (Å²) in [5.41, 5.74) is 5.66. The van der Waals surface area contributed by atoms with Crippen LogP contribution in [-0.2, 0) is 4.79 Å². The molecule has 0 heterocycles. The van der Waals surface area contributed by atoms with Crippen LogP contribution in [-0.4, -0.2) is 30.4 Å². The van der Waals surface area contributed by atoms with Crippen molar-refractivity contribution in [3.63, 3.8) is 0 Å². The average molecular weight is 236 g/mol. The fourth-order valence-electron chi connectivity index (χ4n) is 2.55. The topological polar surface area (TPSA) is 46.3 Å². The fraction of sp³-hybridized carbons (Fsp3) is 0.786. The second-order valence-electron chi connectivity index (χ2n) is 4.92. The van der Waals surface area contributed by atoms with Gasteiger partial charge in [0.05, 0.1) is 6.54 Å². The van der Waals surface area contributed by atoms with E-state index in [2.05, 4.69) is 12.8 Å². The molecule has 1 amide bonds. The van der Waals surface area contributed by atoms with Crippen molar-refractivity contribution in [2.75, 3.05) is 19.6 Å². The quantitative estimate of drug-likeness (QED) is 0.737. The summed E-state index contributed by atoms with van der Waals surface area (Å²) in [7, 11) is 0. The Hall–Kier alpha value is -1.01. The van der Waals surface area contributed by atoms with Gasteiger partial charge in [-0.05, 0) is 44.6 Å². The molecule has 0 spiro atoms. The normalized spacial score (nSPS) is 24.1. The molecule has 1 aliphatic carbocycles. The van der Waals surface area contributed by atoms with Crippen LogP contribution >= 0.6 is 0 Å². The number of rotatable bonds is 5. The molecule has 0 aromatic carbocycles. The zero-order valence-electron chi connectivity index (χ0n) is 10.8. The van der Waals surface area contributed by atoms with Crippen molar-refractivity contribution in [2.45, 2.75) is 39.0 Å². The number of carbonyl (C=O) groups excluding carboxylic acids is 1. The van der Waals surface area contributed by atoms with E-state index in [0.29, 0.717) is 12.5 Å². The van der Waals surface area contributed by atoms with Crippen LogP contribution in [0.1, 0.15) is 39.0 Å². The van der Waals surface area contributed by atoms with Gasteiger partial charge in [-0.15, -0.1) is 6.42 Å². The van der Waals surface area contributed by atoms with E-state index in [1.165, 1.54) is 0 Å². The van der Waals surface area contributed by atoms with Crippen LogP contribution < -0.4 is 5.73 Å². The van der Waals surface area contributed by atoms with Crippen LogP contribution in [0.3, 0.4) is 0 Å². The van der Waals surface area contributed by atoms with E-state index in [4.69, 9.17) is 12.2 Å². The van der Waals surface area contributed by atoms with Gasteiger partial charge in [-0.2, -0.15) is 0 Å². The first-order chi connectivity index (χ1) is 8.22. The summed E-state index contributed by atoms with van der Waals surface area (Å²) < 4.78 is 0. The molecular formula is C14H24N2O. The van der Waals surface area contributed by atoms with E-state index in [9.17, 15) is 4.79 Å². The average Bonchev–Trinajstić information content (AvgIpc) is 2.38. The van der Waals surface area contributed by atoms with E-state index in [1.54, 1.807) is 0 Å². The molecule has 0 atom stereocenters. The fourth-order valence-corrected chi connectivity index (χ4v) is 2.55. The second-order valence-corrected chi connectivity index (χ2v) is 4.92. The molecule has 3 nitrogen and oxygen atoms in total. The maximum absolute atomic E-state index is 12.3. The number of nitrogens with zero attached hydrogens (tertiary/aromatic N) is 1. The summed E-state index contributed by atoms with van der Waals surface area (Å²) in [5.74, 6) is 3.62. The highest BCUT2D eigenvalue weighted by atomic mass is 16.2. The largest absolute Gasteiger partial charge is 0.331 e. The van der Waals surface area contributed by atoms with E-state index >= 15 is 0 Å². The first kappa shape index (κ1) is 14.1. The Morgan fingerprint density at radius 2 is 2.06 bits per heavy atom. The Labute approximate surface area is 105 Å². The van der Waals surface area contributed by atoms with E-state index < -0.39 is 0 Å². The molecule has 2 N–H and O–H groups in total. The lowest BCUT2D eigenvalue weighted by Crippen LogP contribution is -2.39. The van der Waals surface area contributed by atoms with Crippen LogP contribution in [0.5, 0.6) is 0 Å². The van der Waals surface area contributed by atoms with E-state index in [0.717, 1.165) is 45.2 Å². The lowest BCUT2D eigenvalue weighted by Gasteiger charge is -2.30.